The van der Waals surface area contributed by atoms with Crippen LogP contribution < -0.4 is 14.8 Å². The lowest BCUT2D eigenvalue weighted by molar-refractivity contribution is -0.139. The Balaban J connectivity index is 2.17. The van der Waals surface area contributed by atoms with E-state index in [4.69, 9.17) is 14.6 Å². The normalized spacial score (nSPS) is 10.2. The number of hydrogen-bond donors (Lipinski definition) is 2. The molecule has 0 aromatic heterocycles. The number of benzene rings is 2. The highest BCUT2D eigenvalue weighted by atomic mass is 19.1. The van der Waals surface area contributed by atoms with Gasteiger partial charge in [0.25, 0.3) is 5.91 Å². The van der Waals surface area contributed by atoms with E-state index in [1.165, 1.54) is 18.2 Å². The Kier molecular flexibility index (Phi) is 6.96. The van der Waals surface area contributed by atoms with Crippen LogP contribution in [0.3, 0.4) is 0 Å². The first-order valence-corrected chi connectivity index (χ1v) is 8.14. The Hall–Kier alpha value is -3.09. The first kappa shape index (κ1) is 19.2. The van der Waals surface area contributed by atoms with Gasteiger partial charge in [0.2, 0.25) is 0 Å². The van der Waals surface area contributed by atoms with Crippen LogP contribution in [0.15, 0.2) is 42.5 Å². The monoisotopic (exact) mass is 361 g/mol. The SMILES string of the molecule is CCCOc1ccc(OCC(=O)O)c(C(=O)NCc2ccccc2F)c1. The quantitative estimate of drug-likeness (QED) is 0.717. The highest BCUT2D eigenvalue weighted by Crippen LogP contribution is 2.25. The number of amides is 1. The summed E-state index contributed by atoms with van der Waals surface area (Å²) in [6.07, 6.45) is 0.798. The Labute approximate surface area is 150 Å². The molecule has 0 aliphatic carbocycles. The molecule has 0 aliphatic heterocycles. The average Bonchev–Trinajstić information content (AvgIpc) is 2.64. The average molecular weight is 361 g/mol. The van der Waals surface area contributed by atoms with Crippen molar-refractivity contribution in [1.82, 2.24) is 5.32 Å². The summed E-state index contributed by atoms with van der Waals surface area (Å²) in [6, 6.07) is 10.7. The van der Waals surface area contributed by atoms with E-state index in [1.807, 2.05) is 6.92 Å². The Morgan fingerprint density at radius 3 is 2.62 bits per heavy atom. The molecular weight excluding hydrogens is 341 g/mol. The smallest absolute Gasteiger partial charge is 0.341 e. The zero-order valence-corrected chi connectivity index (χ0v) is 14.3. The van der Waals surface area contributed by atoms with Crippen LogP contribution in [-0.4, -0.2) is 30.2 Å². The minimum Gasteiger partial charge on any atom is -0.494 e. The standard InChI is InChI=1S/C19H20FNO5/c1-2-9-25-14-7-8-17(26-12-18(22)23)15(10-14)19(24)21-11-13-5-3-4-6-16(13)20/h3-8,10H,2,9,11-12H2,1H3,(H,21,24)(H,22,23). The van der Waals surface area contributed by atoms with E-state index >= 15 is 0 Å². The molecule has 0 aliphatic rings. The number of halogens is 1. The van der Waals surface area contributed by atoms with Crippen LogP contribution in [-0.2, 0) is 11.3 Å². The third-order valence-electron chi connectivity index (χ3n) is 3.42. The minimum atomic E-state index is -1.16. The number of carboxylic acid groups (broad SMARTS) is 1. The van der Waals surface area contributed by atoms with Crippen LogP contribution in [0.25, 0.3) is 0 Å². The van der Waals surface area contributed by atoms with E-state index in [-0.39, 0.29) is 17.9 Å². The summed E-state index contributed by atoms with van der Waals surface area (Å²) in [5.74, 6) is -1.52. The highest BCUT2D eigenvalue weighted by Gasteiger charge is 2.16. The molecule has 0 bridgehead atoms. The van der Waals surface area contributed by atoms with Gasteiger partial charge in [0.1, 0.15) is 17.3 Å². The number of aliphatic carboxylic acids is 1. The third-order valence-corrected chi connectivity index (χ3v) is 3.42. The second-order valence-corrected chi connectivity index (χ2v) is 5.46. The van der Waals surface area contributed by atoms with Crippen LogP contribution >= 0.6 is 0 Å². The summed E-state index contributed by atoms with van der Waals surface area (Å²) < 4.78 is 24.3. The number of hydrogen-bond acceptors (Lipinski definition) is 4. The maximum Gasteiger partial charge on any atom is 0.341 e. The van der Waals surface area contributed by atoms with Crippen LogP contribution in [0.1, 0.15) is 29.3 Å². The molecule has 0 spiro atoms. The van der Waals surface area contributed by atoms with Crippen LogP contribution in [0, 0.1) is 5.82 Å². The largest absolute Gasteiger partial charge is 0.494 e. The summed E-state index contributed by atoms with van der Waals surface area (Å²) in [6.45, 7) is 1.84. The summed E-state index contributed by atoms with van der Waals surface area (Å²) in [5, 5.41) is 11.4. The molecule has 6 nitrogen and oxygen atoms in total. The molecule has 2 aromatic rings. The van der Waals surface area contributed by atoms with E-state index in [0.29, 0.717) is 17.9 Å². The van der Waals surface area contributed by atoms with Gasteiger partial charge in [-0.05, 0) is 30.7 Å². The molecule has 0 atom stereocenters. The van der Waals surface area contributed by atoms with Crippen molar-refractivity contribution in [3.05, 3.63) is 59.4 Å². The molecule has 26 heavy (non-hydrogen) atoms. The van der Waals surface area contributed by atoms with Gasteiger partial charge in [-0.3, -0.25) is 4.79 Å². The topological polar surface area (TPSA) is 84.9 Å². The fourth-order valence-electron chi connectivity index (χ4n) is 2.17. The molecule has 0 saturated carbocycles. The van der Waals surface area contributed by atoms with E-state index in [0.717, 1.165) is 6.42 Å². The summed E-state index contributed by atoms with van der Waals surface area (Å²) in [7, 11) is 0. The molecule has 0 fully saturated rings. The summed E-state index contributed by atoms with van der Waals surface area (Å²) in [4.78, 5) is 23.2. The Morgan fingerprint density at radius 1 is 1.15 bits per heavy atom. The van der Waals surface area contributed by atoms with Crippen molar-refractivity contribution in [2.24, 2.45) is 0 Å². The molecule has 7 heteroatoms. The second kappa shape index (κ2) is 9.41. The van der Waals surface area contributed by atoms with Crippen molar-refractivity contribution in [1.29, 1.82) is 0 Å². The predicted octanol–water partition coefficient (Wildman–Crippen LogP) is 3.01. The Bertz CT molecular complexity index is 778. The highest BCUT2D eigenvalue weighted by molar-refractivity contribution is 5.97. The third kappa shape index (κ3) is 5.47. The fraction of sp³-hybridized carbons (Fsp3) is 0.263. The van der Waals surface area contributed by atoms with Gasteiger partial charge >= 0.3 is 5.97 Å². The number of ether oxygens (including phenoxy) is 2. The molecule has 0 radical (unpaired) electrons. The van der Waals surface area contributed by atoms with Crippen molar-refractivity contribution < 1.29 is 28.6 Å². The van der Waals surface area contributed by atoms with Crippen molar-refractivity contribution in [3.8, 4) is 11.5 Å². The molecule has 0 heterocycles. The van der Waals surface area contributed by atoms with E-state index in [2.05, 4.69) is 5.32 Å². The van der Waals surface area contributed by atoms with E-state index in [9.17, 15) is 14.0 Å². The van der Waals surface area contributed by atoms with Gasteiger partial charge in [-0.2, -0.15) is 0 Å². The van der Waals surface area contributed by atoms with Gasteiger partial charge in [0, 0.05) is 12.1 Å². The number of rotatable bonds is 9. The fourth-order valence-corrected chi connectivity index (χ4v) is 2.17. The van der Waals surface area contributed by atoms with Crippen molar-refractivity contribution in [2.45, 2.75) is 19.9 Å². The molecule has 2 rings (SSSR count). The lowest BCUT2D eigenvalue weighted by Crippen LogP contribution is -2.24. The van der Waals surface area contributed by atoms with Gasteiger partial charge in [0.15, 0.2) is 6.61 Å². The lowest BCUT2D eigenvalue weighted by atomic mass is 10.1. The zero-order valence-electron chi connectivity index (χ0n) is 14.3. The second-order valence-electron chi connectivity index (χ2n) is 5.46. The number of carbonyl (C=O) groups excluding carboxylic acids is 1. The summed E-state index contributed by atoms with van der Waals surface area (Å²) >= 11 is 0. The molecule has 0 unspecified atom stereocenters. The van der Waals surface area contributed by atoms with Crippen molar-refractivity contribution >= 4 is 11.9 Å². The number of carbonyl (C=O) groups is 2. The maximum atomic E-state index is 13.7. The lowest BCUT2D eigenvalue weighted by Gasteiger charge is -2.13. The zero-order chi connectivity index (χ0) is 18.9. The van der Waals surface area contributed by atoms with Crippen molar-refractivity contribution in [3.63, 3.8) is 0 Å². The molecule has 2 aromatic carbocycles. The number of carboxylic acids is 1. The van der Waals surface area contributed by atoms with Gasteiger partial charge in [-0.25, -0.2) is 9.18 Å². The molecule has 0 saturated heterocycles. The minimum absolute atomic E-state index is 0.01000. The molecule has 1 amide bonds. The predicted molar refractivity (Wildman–Crippen MR) is 92.9 cm³/mol. The molecule has 138 valence electrons. The van der Waals surface area contributed by atoms with Crippen LogP contribution in [0.5, 0.6) is 11.5 Å². The van der Waals surface area contributed by atoms with Crippen LogP contribution in [0.2, 0.25) is 0 Å². The Morgan fingerprint density at radius 2 is 1.92 bits per heavy atom. The maximum absolute atomic E-state index is 13.7. The summed E-state index contributed by atoms with van der Waals surface area (Å²) in [5.41, 5.74) is 0.462. The van der Waals surface area contributed by atoms with Gasteiger partial charge < -0.3 is 19.9 Å². The van der Waals surface area contributed by atoms with Crippen molar-refractivity contribution in [2.75, 3.05) is 13.2 Å². The first-order chi connectivity index (χ1) is 12.5. The van der Waals surface area contributed by atoms with E-state index < -0.39 is 24.3 Å². The van der Waals surface area contributed by atoms with E-state index in [1.54, 1.807) is 24.3 Å². The van der Waals surface area contributed by atoms with Crippen LogP contribution in [0.4, 0.5) is 4.39 Å². The molecular formula is C19H20FNO5. The number of nitrogens with one attached hydrogen (secondary N) is 1. The van der Waals surface area contributed by atoms with Gasteiger partial charge in [-0.15, -0.1) is 0 Å². The van der Waals surface area contributed by atoms with Gasteiger partial charge in [0.05, 0.1) is 12.2 Å². The van der Waals surface area contributed by atoms with Gasteiger partial charge in [-0.1, -0.05) is 25.1 Å². The molecule has 2 N–H and O–H groups in total. The first-order valence-electron chi connectivity index (χ1n) is 8.14.